The molecule has 0 unspecified atom stereocenters. The van der Waals surface area contributed by atoms with Gasteiger partial charge in [-0.05, 0) is 17.5 Å². The smallest absolute Gasteiger partial charge is 0.0290 e. The molecule has 0 amide bonds. The highest BCUT2D eigenvalue weighted by Crippen LogP contribution is 1.80. The van der Waals surface area contributed by atoms with Crippen LogP contribution in [0.4, 0.5) is 0 Å². The van der Waals surface area contributed by atoms with Gasteiger partial charge in [0.25, 0.3) is 0 Å². The first-order valence-corrected chi connectivity index (χ1v) is 2.25. The van der Waals surface area contributed by atoms with Gasteiger partial charge in [-0.25, -0.2) is 0 Å². The minimum absolute atomic E-state index is 0.273. The van der Waals surface area contributed by atoms with Gasteiger partial charge >= 0.3 is 0 Å². The van der Waals surface area contributed by atoms with Crippen molar-refractivity contribution in [3.05, 3.63) is 27.3 Å². The van der Waals surface area contributed by atoms with Gasteiger partial charge in [0.15, 0.2) is 0 Å². The molecular weight excluding hydrogens is 120 g/mol. The zero-order valence-corrected chi connectivity index (χ0v) is 4.67. The minimum atomic E-state index is 0.273. The summed E-state index contributed by atoms with van der Waals surface area (Å²) in [7, 11) is 0. The van der Waals surface area contributed by atoms with E-state index < -0.39 is 0 Å². The molecule has 0 rings (SSSR count). The van der Waals surface area contributed by atoms with Gasteiger partial charge in [0.1, 0.15) is 0 Å². The molecule has 0 saturated carbocycles. The number of hydrogen-bond donors (Lipinski definition) is 0. The van der Waals surface area contributed by atoms with E-state index in [4.69, 9.17) is 11.1 Å². The molecule has 0 spiro atoms. The molecule has 1 radical (unpaired) electrons. The molecular formula is C3H5N6. The van der Waals surface area contributed by atoms with Gasteiger partial charge in [0.05, 0.1) is 0 Å². The van der Waals surface area contributed by atoms with Crippen molar-refractivity contribution in [2.45, 2.75) is 0 Å². The second-order valence-electron chi connectivity index (χ2n) is 1.12. The summed E-state index contributed by atoms with van der Waals surface area (Å²) in [4.78, 5) is 4.98. The Balaban J connectivity index is 3.09. The van der Waals surface area contributed by atoms with Crippen molar-refractivity contribution >= 4 is 0 Å². The van der Waals surface area contributed by atoms with Crippen LogP contribution in [0.1, 0.15) is 0 Å². The number of rotatable bonds is 4. The van der Waals surface area contributed by atoms with Gasteiger partial charge in [-0.1, -0.05) is 10.2 Å². The first kappa shape index (κ1) is 7.62. The Hall–Kier alpha value is -1.38. The molecule has 6 heteroatoms. The van der Waals surface area contributed by atoms with E-state index in [-0.39, 0.29) is 13.1 Å². The van der Waals surface area contributed by atoms with Crippen molar-refractivity contribution in [1.29, 1.82) is 0 Å². The topological polar surface area (TPSA) is 97.5 Å². The molecule has 0 bridgehead atoms. The third kappa shape index (κ3) is 6.62. The maximum absolute atomic E-state index is 7.76. The van der Waals surface area contributed by atoms with E-state index in [0.717, 1.165) is 0 Å². The minimum Gasteiger partial charge on any atom is -0.0937 e. The second-order valence-corrected chi connectivity index (χ2v) is 1.12. The number of azide groups is 2. The Bertz CT molecular complexity index is 132. The number of nitrogens with zero attached hydrogens (tertiary/aromatic N) is 6. The molecule has 6 nitrogen and oxygen atoms in total. The Labute approximate surface area is 51.7 Å². The van der Waals surface area contributed by atoms with E-state index in [9.17, 15) is 0 Å². The predicted octanol–water partition coefficient (Wildman–Crippen LogP) is 1.81. The van der Waals surface area contributed by atoms with Gasteiger partial charge in [0.2, 0.25) is 0 Å². The van der Waals surface area contributed by atoms with Crippen molar-refractivity contribution in [2.24, 2.45) is 10.2 Å². The van der Waals surface area contributed by atoms with E-state index in [1.165, 1.54) is 0 Å². The van der Waals surface area contributed by atoms with Crippen LogP contribution in [0.3, 0.4) is 0 Å². The Morgan fingerprint density at radius 2 is 1.56 bits per heavy atom. The van der Waals surface area contributed by atoms with Crippen LogP contribution >= 0.6 is 0 Å². The lowest BCUT2D eigenvalue weighted by Gasteiger charge is -1.81. The fraction of sp³-hybridized carbons (Fsp3) is 0.667. The zero-order chi connectivity index (χ0) is 6.95. The molecule has 0 aromatic rings. The van der Waals surface area contributed by atoms with Crippen LogP contribution in [0.25, 0.3) is 20.9 Å². The number of hydrogen-bond acceptors (Lipinski definition) is 2. The summed E-state index contributed by atoms with van der Waals surface area (Å²) in [6.07, 6.45) is 1.58. The van der Waals surface area contributed by atoms with Crippen molar-refractivity contribution in [3.63, 3.8) is 0 Å². The molecule has 0 aliphatic heterocycles. The van der Waals surface area contributed by atoms with Gasteiger partial charge < -0.3 is 0 Å². The third-order valence-electron chi connectivity index (χ3n) is 0.548. The molecule has 47 valence electrons. The highest BCUT2D eigenvalue weighted by Gasteiger charge is 1.79. The fourth-order valence-electron chi connectivity index (χ4n) is 0.246. The van der Waals surface area contributed by atoms with Crippen LogP contribution in [-0.4, -0.2) is 13.1 Å². The van der Waals surface area contributed by atoms with Crippen molar-refractivity contribution in [1.82, 2.24) is 0 Å². The Morgan fingerprint density at radius 1 is 1.11 bits per heavy atom. The standard InChI is InChI=1S/C3H5N6/c4-8-6-2-1-3-7-9-5/h1H,2-3H2. The molecule has 9 heavy (non-hydrogen) atoms. The molecule has 0 heterocycles. The largest absolute Gasteiger partial charge is 0.0937 e. The SMILES string of the molecule is [N-]=[N+]=NC[CH]CN=[N+]=[N-]. The van der Waals surface area contributed by atoms with Crippen LogP contribution in [-0.2, 0) is 0 Å². The van der Waals surface area contributed by atoms with Crippen LogP contribution in [0.2, 0.25) is 0 Å². The zero-order valence-electron chi connectivity index (χ0n) is 4.67. The van der Waals surface area contributed by atoms with Gasteiger partial charge in [0, 0.05) is 22.9 Å². The first-order chi connectivity index (χ1) is 4.41. The summed E-state index contributed by atoms with van der Waals surface area (Å²) in [6, 6.07) is 0. The molecule has 0 fully saturated rings. The van der Waals surface area contributed by atoms with E-state index >= 15 is 0 Å². The summed E-state index contributed by atoms with van der Waals surface area (Å²) in [6.45, 7) is 0.547. The highest BCUT2D eigenvalue weighted by molar-refractivity contribution is 4.70. The third-order valence-corrected chi connectivity index (χ3v) is 0.548. The first-order valence-electron chi connectivity index (χ1n) is 2.25. The maximum Gasteiger partial charge on any atom is 0.0290 e. The van der Waals surface area contributed by atoms with Crippen LogP contribution in [0.5, 0.6) is 0 Å². The molecule has 0 aliphatic rings. The summed E-state index contributed by atoms with van der Waals surface area (Å²) in [5, 5.41) is 6.37. The quantitative estimate of drug-likeness (QED) is 0.237. The van der Waals surface area contributed by atoms with E-state index in [2.05, 4.69) is 20.1 Å². The molecule has 0 N–H and O–H groups in total. The highest BCUT2D eigenvalue weighted by atomic mass is 15.1. The van der Waals surface area contributed by atoms with Crippen molar-refractivity contribution in [2.75, 3.05) is 13.1 Å². The van der Waals surface area contributed by atoms with E-state index in [1.807, 2.05) is 0 Å². The predicted molar refractivity (Wildman–Crippen MR) is 32.3 cm³/mol. The summed E-state index contributed by atoms with van der Waals surface area (Å²) in [5.74, 6) is 0. The van der Waals surface area contributed by atoms with Gasteiger partial charge in [-0.2, -0.15) is 0 Å². The van der Waals surface area contributed by atoms with E-state index in [0.29, 0.717) is 0 Å². The molecule has 0 atom stereocenters. The Kier molecular flexibility index (Phi) is 5.60. The summed E-state index contributed by atoms with van der Waals surface area (Å²) >= 11 is 0. The fourth-order valence-corrected chi connectivity index (χ4v) is 0.246. The monoisotopic (exact) mass is 125 g/mol. The van der Waals surface area contributed by atoms with Gasteiger partial charge in [-0.3, -0.25) is 0 Å². The van der Waals surface area contributed by atoms with Crippen molar-refractivity contribution < 1.29 is 0 Å². The lowest BCUT2D eigenvalue weighted by atomic mass is 10.4. The average molecular weight is 125 g/mol. The second kappa shape index (κ2) is 6.62. The Morgan fingerprint density at radius 3 is 1.89 bits per heavy atom. The molecule has 0 aliphatic carbocycles. The van der Waals surface area contributed by atoms with E-state index in [1.54, 1.807) is 6.42 Å². The average Bonchev–Trinajstić information content (AvgIpc) is 1.89. The molecule has 0 saturated heterocycles. The van der Waals surface area contributed by atoms with Crippen molar-refractivity contribution in [3.8, 4) is 0 Å². The lowest BCUT2D eigenvalue weighted by Crippen LogP contribution is -1.83. The molecule has 0 aromatic heterocycles. The van der Waals surface area contributed by atoms with Crippen LogP contribution < -0.4 is 0 Å². The summed E-state index contributed by atoms with van der Waals surface area (Å²) in [5.41, 5.74) is 15.5. The summed E-state index contributed by atoms with van der Waals surface area (Å²) < 4.78 is 0. The lowest BCUT2D eigenvalue weighted by molar-refractivity contribution is 1.01. The molecule has 0 aromatic carbocycles. The van der Waals surface area contributed by atoms with Crippen LogP contribution in [0, 0.1) is 6.42 Å². The van der Waals surface area contributed by atoms with Crippen LogP contribution in [0.15, 0.2) is 10.2 Å². The maximum atomic E-state index is 7.76. The normalized spacial score (nSPS) is 7.11. The van der Waals surface area contributed by atoms with Gasteiger partial charge in [-0.15, -0.1) is 0 Å².